The number of para-hydroxylation sites is 1. The highest BCUT2D eigenvalue weighted by Gasteiger charge is 2.21. The Labute approximate surface area is 107 Å². The number of hydrogen-bond donors (Lipinski definition) is 1. The maximum absolute atomic E-state index is 12.3. The fourth-order valence-electron chi connectivity index (χ4n) is 1.81. The first-order chi connectivity index (χ1) is 8.35. The third-order valence-electron chi connectivity index (χ3n) is 3.09. The molecule has 1 aromatic carbocycles. The SMILES string of the molecule is CCC(C)(C)NC(C)c1ccccc1OC(F)F. The molecule has 18 heavy (non-hydrogen) atoms. The number of rotatable bonds is 6. The third kappa shape index (κ3) is 4.26. The lowest BCUT2D eigenvalue weighted by molar-refractivity contribution is -0.0507. The first kappa shape index (κ1) is 14.9. The summed E-state index contributed by atoms with van der Waals surface area (Å²) in [5.41, 5.74) is 0.705. The quantitative estimate of drug-likeness (QED) is 0.827. The molecule has 0 saturated carbocycles. The fraction of sp³-hybridized carbons (Fsp3) is 0.571. The van der Waals surface area contributed by atoms with Crippen molar-refractivity contribution in [2.24, 2.45) is 0 Å². The molecule has 0 aliphatic rings. The van der Waals surface area contributed by atoms with Gasteiger partial charge in [0.2, 0.25) is 0 Å². The summed E-state index contributed by atoms with van der Waals surface area (Å²) < 4.78 is 29.2. The molecule has 1 atom stereocenters. The average molecular weight is 257 g/mol. The van der Waals surface area contributed by atoms with Crippen LogP contribution in [0.4, 0.5) is 8.78 Å². The Bertz CT molecular complexity index is 380. The van der Waals surface area contributed by atoms with Crippen LogP contribution in [-0.2, 0) is 0 Å². The molecule has 1 rings (SSSR count). The Kier molecular flexibility index (Phi) is 5.08. The Hall–Kier alpha value is -1.16. The number of nitrogens with one attached hydrogen (secondary N) is 1. The molecule has 0 fully saturated rings. The van der Waals surface area contributed by atoms with Gasteiger partial charge in [-0.1, -0.05) is 25.1 Å². The minimum absolute atomic E-state index is 0.0443. The topological polar surface area (TPSA) is 21.3 Å². The summed E-state index contributed by atoms with van der Waals surface area (Å²) in [5, 5.41) is 3.41. The van der Waals surface area contributed by atoms with Crippen molar-refractivity contribution in [2.45, 2.75) is 52.3 Å². The molecule has 1 unspecified atom stereocenters. The van der Waals surface area contributed by atoms with Crippen LogP contribution in [0.3, 0.4) is 0 Å². The van der Waals surface area contributed by atoms with E-state index in [4.69, 9.17) is 0 Å². The zero-order chi connectivity index (χ0) is 13.8. The van der Waals surface area contributed by atoms with Gasteiger partial charge in [0.05, 0.1) is 0 Å². The lowest BCUT2D eigenvalue weighted by atomic mass is 9.98. The second-order valence-electron chi connectivity index (χ2n) is 5.02. The lowest BCUT2D eigenvalue weighted by Crippen LogP contribution is -2.40. The second-order valence-corrected chi connectivity index (χ2v) is 5.02. The van der Waals surface area contributed by atoms with Gasteiger partial charge in [0.1, 0.15) is 5.75 Å². The van der Waals surface area contributed by atoms with Crippen LogP contribution in [0.1, 0.15) is 45.7 Å². The van der Waals surface area contributed by atoms with Gasteiger partial charge in [-0.2, -0.15) is 8.78 Å². The van der Waals surface area contributed by atoms with Gasteiger partial charge in [-0.15, -0.1) is 0 Å². The zero-order valence-corrected chi connectivity index (χ0v) is 11.3. The van der Waals surface area contributed by atoms with E-state index in [-0.39, 0.29) is 17.3 Å². The molecule has 0 spiro atoms. The molecule has 0 radical (unpaired) electrons. The number of ether oxygens (including phenoxy) is 1. The molecule has 102 valence electrons. The van der Waals surface area contributed by atoms with Crippen molar-refractivity contribution < 1.29 is 13.5 Å². The molecule has 0 aliphatic heterocycles. The van der Waals surface area contributed by atoms with Crippen LogP contribution in [-0.4, -0.2) is 12.2 Å². The molecule has 0 aliphatic carbocycles. The summed E-state index contributed by atoms with van der Waals surface area (Å²) in [6.45, 7) is 5.41. The van der Waals surface area contributed by atoms with Gasteiger partial charge in [-0.05, 0) is 33.3 Å². The van der Waals surface area contributed by atoms with E-state index in [0.29, 0.717) is 0 Å². The van der Waals surface area contributed by atoms with Gasteiger partial charge in [0.15, 0.2) is 0 Å². The molecule has 0 amide bonds. The number of halogens is 2. The van der Waals surface area contributed by atoms with Gasteiger partial charge >= 0.3 is 6.61 Å². The molecular weight excluding hydrogens is 236 g/mol. The molecule has 0 heterocycles. The van der Waals surface area contributed by atoms with Crippen molar-refractivity contribution in [1.82, 2.24) is 5.32 Å². The predicted molar refractivity (Wildman–Crippen MR) is 69.0 cm³/mol. The number of alkyl halides is 2. The molecule has 2 nitrogen and oxygen atoms in total. The third-order valence-corrected chi connectivity index (χ3v) is 3.09. The summed E-state index contributed by atoms with van der Waals surface area (Å²) in [5.74, 6) is 0.236. The van der Waals surface area contributed by atoms with Crippen LogP contribution in [0.15, 0.2) is 24.3 Å². The van der Waals surface area contributed by atoms with Crippen molar-refractivity contribution in [1.29, 1.82) is 0 Å². The van der Waals surface area contributed by atoms with Crippen LogP contribution in [0.5, 0.6) is 5.75 Å². The Morgan fingerprint density at radius 3 is 2.44 bits per heavy atom. The minimum Gasteiger partial charge on any atom is -0.434 e. The highest BCUT2D eigenvalue weighted by Crippen LogP contribution is 2.28. The van der Waals surface area contributed by atoms with Gasteiger partial charge in [-0.3, -0.25) is 0 Å². The number of benzene rings is 1. The summed E-state index contributed by atoms with van der Waals surface area (Å²) in [6.07, 6.45) is 0.954. The van der Waals surface area contributed by atoms with E-state index in [1.807, 2.05) is 13.0 Å². The minimum atomic E-state index is -2.79. The van der Waals surface area contributed by atoms with E-state index in [1.165, 1.54) is 0 Å². The van der Waals surface area contributed by atoms with Crippen LogP contribution < -0.4 is 10.1 Å². The molecule has 1 N–H and O–H groups in total. The zero-order valence-electron chi connectivity index (χ0n) is 11.3. The van der Waals surface area contributed by atoms with Crippen molar-refractivity contribution in [3.05, 3.63) is 29.8 Å². The summed E-state index contributed by atoms with van der Waals surface area (Å²) in [4.78, 5) is 0. The molecule has 0 aromatic heterocycles. The summed E-state index contributed by atoms with van der Waals surface area (Å²) in [6, 6.07) is 6.85. The van der Waals surface area contributed by atoms with Crippen molar-refractivity contribution in [2.75, 3.05) is 0 Å². The maximum atomic E-state index is 12.3. The van der Waals surface area contributed by atoms with Crippen molar-refractivity contribution in [3.63, 3.8) is 0 Å². The highest BCUT2D eigenvalue weighted by atomic mass is 19.3. The average Bonchev–Trinajstić information content (AvgIpc) is 2.28. The van der Waals surface area contributed by atoms with Gasteiger partial charge in [-0.25, -0.2) is 0 Å². The van der Waals surface area contributed by atoms with E-state index in [1.54, 1.807) is 18.2 Å². The Morgan fingerprint density at radius 1 is 1.28 bits per heavy atom. The number of hydrogen-bond acceptors (Lipinski definition) is 2. The predicted octanol–water partition coefficient (Wildman–Crippen LogP) is 4.13. The standard InChI is InChI=1S/C14H21F2NO/c1-5-14(3,4)17-10(2)11-8-6-7-9-12(11)18-13(15)16/h6-10,13,17H,5H2,1-4H3. The van der Waals surface area contributed by atoms with E-state index in [0.717, 1.165) is 12.0 Å². The molecule has 0 bridgehead atoms. The van der Waals surface area contributed by atoms with Crippen LogP contribution in [0.25, 0.3) is 0 Å². The van der Waals surface area contributed by atoms with Crippen LogP contribution in [0, 0.1) is 0 Å². The smallest absolute Gasteiger partial charge is 0.387 e. The summed E-state index contributed by atoms with van der Waals surface area (Å²) in [7, 11) is 0. The van der Waals surface area contributed by atoms with Gasteiger partial charge in [0, 0.05) is 17.1 Å². The second kappa shape index (κ2) is 6.14. The van der Waals surface area contributed by atoms with E-state index in [2.05, 4.69) is 30.8 Å². The van der Waals surface area contributed by atoms with E-state index < -0.39 is 6.61 Å². The first-order valence-electron chi connectivity index (χ1n) is 6.17. The molecule has 1 aromatic rings. The summed E-state index contributed by atoms with van der Waals surface area (Å²) >= 11 is 0. The first-order valence-corrected chi connectivity index (χ1v) is 6.17. The van der Waals surface area contributed by atoms with Gasteiger partial charge < -0.3 is 10.1 Å². The molecular formula is C14H21F2NO. The Morgan fingerprint density at radius 2 is 1.89 bits per heavy atom. The van der Waals surface area contributed by atoms with E-state index in [9.17, 15) is 8.78 Å². The highest BCUT2D eigenvalue weighted by molar-refractivity contribution is 5.35. The van der Waals surface area contributed by atoms with Crippen molar-refractivity contribution >= 4 is 0 Å². The maximum Gasteiger partial charge on any atom is 0.387 e. The molecule has 4 heteroatoms. The van der Waals surface area contributed by atoms with E-state index >= 15 is 0 Å². The lowest BCUT2D eigenvalue weighted by Gasteiger charge is -2.30. The molecule has 0 saturated heterocycles. The van der Waals surface area contributed by atoms with Gasteiger partial charge in [0.25, 0.3) is 0 Å². The normalized spacial score (nSPS) is 13.7. The fourth-order valence-corrected chi connectivity index (χ4v) is 1.81. The van der Waals surface area contributed by atoms with Crippen molar-refractivity contribution in [3.8, 4) is 5.75 Å². The van der Waals surface area contributed by atoms with Crippen LogP contribution >= 0.6 is 0 Å². The van der Waals surface area contributed by atoms with Crippen LogP contribution in [0.2, 0.25) is 0 Å². The largest absolute Gasteiger partial charge is 0.434 e. The Balaban J connectivity index is 2.88. The monoisotopic (exact) mass is 257 g/mol.